The van der Waals surface area contributed by atoms with Crippen LogP contribution in [0.25, 0.3) is 28.9 Å². The summed E-state index contributed by atoms with van der Waals surface area (Å²) in [6, 6.07) is 21.8. The van der Waals surface area contributed by atoms with Gasteiger partial charge in [0.1, 0.15) is 0 Å². The van der Waals surface area contributed by atoms with Gasteiger partial charge in [-0.1, -0.05) is 115 Å². The lowest BCUT2D eigenvalue weighted by atomic mass is 9.67. The fourth-order valence-corrected chi connectivity index (χ4v) is 11.9. The Bertz CT molecular complexity index is 2240. The first-order chi connectivity index (χ1) is 26.3. The zero-order chi connectivity index (χ0) is 34.9. The first-order valence-electron chi connectivity index (χ1n) is 20.9. The molecule has 0 spiro atoms. The summed E-state index contributed by atoms with van der Waals surface area (Å²) in [4.78, 5) is 2.95. The molecular weight excluding hydrogens is 639 g/mol. The lowest BCUT2D eigenvalue weighted by Gasteiger charge is -2.43. The second-order valence-corrected chi connectivity index (χ2v) is 17.1. The highest BCUT2D eigenvalue weighted by Gasteiger charge is 2.47. The van der Waals surface area contributed by atoms with E-state index in [1.165, 1.54) is 104 Å². The van der Waals surface area contributed by atoms with Gasteiger partial charge in [0.2, 0.25) is 0 Å². The second-order valence-electron chi connectivity index (χ2n) is 17.1. The van der Waals surface area contributed by atoms with Gasteiger partial charge < -0.3 is 4.90 Å². The molecule has 53 heavy (non-hydrogen) atoms. The Hall–Kier alpha value is -4.62. The van der Waals surface area contributed by atoms with Crippen LogP contribution in [0.1, 0.15) is 109 Å². The third-order valence-electron chi connectivity index (χ3n) is 14.4. The summed E-state index contributed by atoms with van der Waals surface area (Å²) in [5.74, 6) is 1.83. The van der Waals surface area contributed by atoms with Gasteiger partial charge in [0.25, 0.3) is 0 Å². The quantitative estimate of drug-likeness (QED) is 0.264. The summed E-state index contributed by atoms with van der Waals surface area (Å²) in [6.45, 7) is 0. The zero-order valence-corrected chi connectivity index (χ0v) is 31.1. The van der Waals surface area contributed by atoms with Crippen molar-refractivity contribution in [2.75, 3.05) is 0 Å². The summed E-state index contributed by atoms with van der Waals surface area (Å²) >= 11 is 0. The van der Waals surface area contributed by atoms with E-state index in [-0.39, 0.29) is 0 Å². The van der Waals surface area contributed by atoms with Gasteiger partial charge in [0.15, 0.2) is 0 Å². The summed E-state index contributed by atoms with van der Waals surface area (Å²) < 4.78 is 0. The molecule has 0 bridgehead atoms. The van der Waals surface area contributed by atoms with Gasteiger partial charge in [0.05, 0.1) is 6.04 Å². The molecule has 0 saturated carbocycles. The third kappa shape index (κ3) is 5.32. The van der Waals surface area contributed by atoms with Crippen molar-refractivity contribution in [2.45, 2.75) is 101 Å². The molecule has 8 aliphatic rings. The van der Waals surface area contributed by atoms with Crippen LogP contribution in [-0.2, 0) is 19.3 Å². The monoisotopic (exact) mass is 689 g/mol. The molecule has 0 saturated heterocycles. The van der Waals surface area contributed by atoms with E-state index in [9.17, 15) is 0 Å². The van der Waals surface area contributed by atoms with Crippen LogP contribution in [0.2, 0.25) is 0 Å². The number of rotatable bonds is 4. The minimum atomic E-state index is 0.420. The fourth-order valence-electron chi connectivity index (χ4n) is 11.9. The van der Waals surface area contributed by atoms with Gasteiger partial charge in [-0.25, -0.2) is 0 Å². The maximum atomic E-state index is 2.95. The predicted octanol–water partition coefficient (Wildman–Crippen LogP) is 12.7. The molecule has 3 aromatic carbocycles. The van der Waals surface area contributed by atoms with Gasteiger partial charge >= 0.3 is 0 Å². The van der Waals surface area contributed by atoms with E-state index < -0.39 is 0 Å². The van der Waals surface area contributed by atoms with Crippen molar-refractivity contribution in [2.24, 2.45) is 11.8 Å². The zero-order valence-electron chi connectivity index (χ0n) is 31.1. The molecule has 3 aromatic rings. The molecule has 0 amide bonds. The first-order valence-corrected chi connectivity index (χ1v) is 20.9. The van der Waals surface area contributed by atoms with Crippen LogP contribution in [0, 0.1) is 11.8 Å². The minimum Gasteiger partial charge on any atom is -0.361 e. The molecule has 1 nitrogen and oxygen atoms in total. The van der Waals surface area contributed by atoms with E-state index in [4.69, 9.17) is 0 Å². The standard InChI is InChI=1S/C52H51N/c1-3-12-34(13-4-1)37-22-23-39-31-42(27-24-38(39)30-37)53-49-21-10-9-19-46(49)52-50(53)29-26-41-33-47(44-20-11-17-36-16-7-8-18-43(36)44)45-28-25-40(32-48(45)51(41)52)35-14-5-2-6-15-35/h1-7,10-14,16-17,20-21,26,29-30,33,35,40,42,50,52H,8-9,15,18-19,22-25,27-28,31-32H2. The van der Waals surface area contributed by atoms with Gasteiger partial charge in [-0.15, -0.1) is 0 Å². The van der Waals surface area contributed by atoms with Crippen molar-refractivity contribution in [3.8, 4) is 11.1 Å². The van der Waals surface area contributed by atoms with Crippen molar-refractivity contribution < 1.29 is 0 Å². The highest BCUT2D eigenvalue weighted by atomic mass is 15.2. The van der Waals surface area contributed by atoms with Gasteiger partial charge in [-0.2, -0.15) is 0 Å². The van der Waals surface area contributed by atoms with E-state index in [1.807, 2.05) is 0 Å². The van der Waals surface area contributed by atoms with Crippen LogP contribution in [0.3, 0.4) is 0 Å². The number of hydrogen-bond donors (Lipinski definition) is 0. The van der Waals surface area contributed by atoms with Crippen LogP contribution < -0.4 is 0 Å². The molecule has 1 heterocycles. The van der Waals surface area contributed by atoms with Crippen molar-refractivity contribution in [1.29, 1.82) is 0 Å². The molecule has 5 atom stereocenters. The number of benzene rings is 3. The van der Waals surface area contributed by atoms with E-state index in [0.717, 1.165) is 12.8 Å². The Labute approximate surface area is 316 Å². The van der Waals surface area contributed by atoms with E-state index in [2.05, 4.69) is 126 Å². The largest absolute Gasteiger partial charge is 0.361 e. The normalized spacial score (nSPS) is 27.9. The van der Waals surface area contributed by atoms with Crippen LogP contribution in [0.5, 0.6) is 0 Å². The Morgan fingerprint density at radius 2 is 1.57 bits per heavy atom. The maximum Gasteiger partial charge on any atom is 0.0586 e. The predicted molar refractivity (Wildman–Crippen MR) is 222 cm³/mol. The van der Waals surface area contributed by atoms with E-state index in [0.29, 0.717) is 29.8 Å². The Balaban J connectivity index is 1.00. The fraction of sp³-hybridized carbons (Fsp3) is 0.346. The van der Waals surface area contributed by atoms with E-state index >= 15 is 0 Å². The maximum absolute atomic E-state index is 2.95. The number of fused-ring (bicyclic) bond motifs is 7. The molecule has 1 heteroatoms. The number of nitrogens with zero attached hydrogens (tertiary/aromatic N) is 1. The van der Waals surface area contributed by atoms with Crippen molar-refractivity contribution in [3.05, 3.63) is 171 Å². The van der Waals surface area contributed by atoms with E-state index in [1.54, 1.807) is 44.7 Å². The smallest absolute Gasteiger partial charge is 0.0586 e. The summed E-state index contributed by atoms with van der Waals surface area (Å²) in [7, 11) is 0. The van der Waals surface area contributed by atoms with Crippen molar-refractivity contribution in [1.82, 2.24) is 4.90 Å². The topological polar surface area (TPSA) is 3.24 Å². The number of allylic oxidation sites excluding steroid dienone is 10. The average Bonchev–Trinajstić information content (AvgIpc) is 3.57. The summed E-state index contributed by atoms with van der Waals surface area (Å²) in [6.07, 6.45) is 42.7. The molecule has 0 N–H and O–H groups in total. The Kier molecular flexibility index (Phi) is 7.85. The van der Waals surface area contributed by atoms with Crippen LogP contribution >= 0.6 is 0 Å². The van der Waals surface area contributed by atoms with Crippen LogP contribution in [0.15, 0.2) is 132 Å². The van der Waals surface area contributed by atoms with Crippen molar-refractivity contribution >= 4 is 17.7 Å². The van der Waals surface area contributed by atoms with Crippen molar-refractivity contribution in [3.63, 3.8) is 0 Å². The van der Waals surface area contributed by atoms with Gasteiger partial charge in [-0.05, 0) is 174 Å². The molecule has 0 fully saturated rings. The lowest BCUT2D eigenvalue weighted by molar-refractivity contribution is 0.208. The van der Waals surface area contributed by atoms with Gasteiger partial charge in [-0.3, -0.25) is 0 Å². The highest BCUT2D eigenvalue weighted by Crippen LogP contribution is 2.55. The average molecular weight is 690 g/mol. The van der Waals surface area contributed by atoms with Gasteiger partial charge in [0, 0.05) is 17.7 Å². The molecule has 0 radical (unpaired) electrons. The second kappa shape index (κ2) is 13.0. The SMILES string of the molecule is C1=CCC(C2CCc3c(-c4cccc5c4CCC=C5)cc4c(c3C2)C2C3=C(C=CCC3)N(C3CCC5=C(CCC(c6ccccc6)=C5)C3)C2C=C4)C=C1. The summed E-state index contributed by atoms with van der Waals surface area (Å²) in [5.41, 5.74) is 22.2. The molecule has 264 valence electrons. The Morgan fingerprint density at radius 1 is 0.642 bits per heavy atom. The minimum absolute atomic E-state index is 0.420. The number of hydrogen-bond acceptors (Lipinski definition) is 1. The van der Waals surface area contributed by atoms with Crippen LogP contribution in [0.4, 0.5) is 0 Å². The highest BCUT2D eigenvalue weighted by molar-refractivity contribution is 5.82. The molecule has 11 rings (SSSR count). The van der Waals surface area contributed by atoms with Crippen LogP contribution in [-0.4, -0.2) is 17.0 Å². The molecular formula is C52H51N. The molecule has 7 aliphatic carbocycles. The molecule has 0 aromatic heterocycles. The molecule has 5 unspecified atom stereocenters. The Morgan fingerprint density at radius 3 is 2.49 bits per heavy atom. The lowest BCUT2D eigenvalue weighted by Crippen LogP contribution is -2.42. The third-order valence-corrected chi connectivity index (χ3v) is 14.4. The molecule has 1 aliphatic heterocycles. The summed E-state index contributed by atoms with van der Waals surface area (Å²) in [5, 5.41) is 0. The first kappa shape index (κ1) is 31.9.